The van der Waals surface area contributed by atoms with Crippen molar-refractivity contribution in [2.24, 2.45) is 11.3 Å². The number of ketones is 1. The molecule has 5 unspecified atom stereocenters. The molecular formula is C31H33NO3S. The number of aliphatic hydroxyl groups is 1. The van der Waals surface area contributed by atoms with Crippen LogP contribution in [-0.2, 0) is 9.53 Å². The highest BCUT2D eigenvalue weighted by molar-refractivity contribution is 7.08. The summed E-state index contributed by atoms with van der Waals surface area (Å²) >= 11 is 1.63. The molecule has 2 saturated carbocycles. The molecule has 2 fully saturated rings. The zero-order valence-corrected chi connectivity index (χ0v) is 22.0. The van der Waals surface area contributed by atoms with Gasteiger partial charge in [0, 0.05) is 48.5 Å². The van der Waals surface area contributed by atoms with E-state index in [9.17, 15) is 9.90 Å². The van der Waals surface area contributed by atoms with Gasteiger partial charge >= 0.3 is 0 Å². The number of hydrogen-bond acceptors (Lipinski definition) is 5. The number of thiophene rings is 1. The Kier molecular flexibility index (Phi) is 5.75. The molecule has 5 heteroatoms. The van der Waals surface area contributed by atoms with E-state index in [1.165, 1.54) is 16.7 Å². The molecule has 2 heterocycles. The molecule has 186 valence electrons. The first-order chi connectivity index (χ1) is 17.3. The Bertz CT molecular complexity index is 1310. The number of fused-ring (bicyclic) bond motifs is 4. The van der Waals surface area contributed by atoms with E-state index in [2.05, 4.69) is 62.0 Å². The molecule has 6 rings (SSSR count). The number of carbonyl (C=O) groups is 1. The van der Waals surface area contributed by atoms with Crippen LogP contribution in [0.5, 0.6) is 0 Å². The van der Waals surface area contributed by atoms with E-state index in [0.29, 0.717) is 19.4 Å². The summed E-state index contributed by atoms with van der Waals surface area (Å²) in [6.07, 6.45) is 5.46. The third-order valence-electron chi connectivity index (χ3n) is 9.11. The molecule has 1 aromatic heterocycles. The second-order valence-electron chi connectivity index (χ2n) is 11.2. The van der Waals surface area contributed by atoms with E-state index in [-0.39, 0.29) is 23.7 Å². The Morgan fingerprint density at radius 2 is 1.97 bits per heavy atom. The van der Waals surface area contributed by atoms with Gasteiger partial charge < -0.3 is 14.7 Å². The van der Waals surface area contributed by atoms with E-state index in [0.717, 1.165) is 36.1 Å². The predicted octanol–water partition coefficient (Wildman–Crippen LogP) is 5.49. The molecule has 1 aromatic carbocycles. The van der Waals surface area contributed by atoms with E-state index in [1.54, 1.807) is 17.4 Å². The number of nitrogens with zero attached hydrogens (tertiary/aromatic N) is 1. The lowest BCUT2D eigenvalue weighted by Gasteiger charge is -2.53. The van der Waals surface area contributed by atoms with Gasteiger partial charge in [-0.15, -0.1) is 0 Å². The Hall–Kier alpha value is -2.65. The van der Waals surface area contributed by atoms with Crippen molar-refractivity contribution in [2.45, 2.75) is 56.7 Å². The Morgan fingerprint density at radius 1 is 1.17 bits per heavy atom. The molecule has 5 atom stereocenters. The summed E-state index contributed by atoms with van der Waals surface area (Å²) in [6.45, 7) is 2.71. The van der Waals surface area contributed by atoms with Gasteiger partial charge in [-0.3, -0.25) is 4.79 Å². The monoisotopic (exact) mass is 499 g/mol. The van der Waals surface area contributed by atoms with Crippen LogP contribution in [0.2, 0.25) is 0 Å². The van der Waals surface area contributed by atoms with Gasteiger partial charge in [-0.25, -0.2) is 0 Å². The van der Waals surface area contributed by atoms with Crippen LogP contribution in [0.3, 0.4) is 0 Å². The van der Waals surface area contributed by atoms with Crippen LogP contribution < -0.4 is 4.90 Å². The van der Waals surface area contributed by atoms with Gasteiger partial charge in [-0.1, -0.05) is 30.9 Å². The molecule has 0 saturated heterocycles. The number of rotatable bonds is 2. The van der Waals surface area contributed by atoms with Gasteiger partial charge in [-0.05, 0) is 83.5 Å². The molecular weight excluding hydrogens is 466 g/mol. The molecule has 0 bridgehead atoms. The lowest BCUT2D eigenvalue weighted by Crippen LogP contribution is -2.53. The number of anilines is 1. The van der Waals surface area contributed by atoms with Crippen molar-refractivity contribution in [3.63, 3.8) is 0 Å². The van der Waals surface area contributed by atoms with Crippen LogP contribution in [0.25, 0.3) is 0 Å². The van der Waals surface area contributed by atoms with Crippen LogP contribution in [0.15, 0.2) is 63.9 Å². The molecule has 3 aliphatic carbocycles. The summed E-state index contributed by atoms with van der Waals surface area (Å²) in [5, 5.41) is 16.1. The van der Waals surface area contributed by atoms with E-state index in [4.69, 9.17) is 4.74 Å². The molecule has 0 amide bonds. The maximum atomic E-state index is 12.2. The number of ether oxygens (including phenoxy) is 1. The van der Waals surface area contributed by atoms with E-state index >= 15 is 0 Å². The summed E-state index contributed by atoms with van der Waals surface area (Å²) in [7, 11) is 4.11. The van der Waals surface area contributed by atoms with Gasteiger partial charge in [0.25, 0.3) is 0 Å². The molecule has 4 aliphatic rings. The maximum absolute atomic E-state index is 12.2. The van der Waals surface area contributed by atoms with Crippen LogP contribution >= 0.6 is 11.3 Å². The number of carbonyl (C=O) groups excluding carboxylic acids is 1. The van der Waals surface area contributed by atoms with E-state index in [1.807, 2.05) is 16.8 Å². The standard InChI is InChI=1S/C31H33NO3S/c1-30-17-26(21-4-6-23(7-5-21)32(2)3)28-25-9-8-24(33)16-22(25)18-35-29(28)27(30)11-14-31(30,34)13-10-20-12-15-36-19-20/h4-7,12,15-16,19,26-27,29,34H,8-9,11,14,17-18H2,1-3H3. The first-order valence-electron chi connectivity index (χ1n) is 12.9. The van der Waals surface area contributed by atoms with Crippen LogP contribution in [0.1, 0.15) is 56.1 Å². The van der Waals surface area contributed by atoms with Crippen molar-refractivity contribution in [1.82, 2.24) is 0 Å². The van der Waals surface area contributed by atoms with Crippen molar-refractivity contribution in [3.8, 4) is 11.8 Å². The first-order valence-corrected chi connectivity index (χ1v) is 13.9. The molecule has 1 N–H and O–H groups in total. The zero-order chi connectivity index (χ0) is 25.1. The smallest absolute Gasteiger partial charge is 0.156 e. The van der Waals surface area contributed by atoms with Crippen LogP contribution in [0, 0.1) is 23.2 Å². The summed E-state index contributed by atoms with van der Waals surface area (Å²) in [6, 6.07) is 10.8. The third kappa shape index (κ3) is 3.70. The SMILES string of the molecule is CN(C)c1ccc(C2CC3(C)C(CCC3(O)C#Cc3ccsc3)C3OCC4=CC(=O)CCC4=C23)cc1. The van der Waals surface area contributed by atoms with Gasteiger partial charge in [-0.2, -0.15) is 11.3 Å². The average molecular weight is 500 g/mol. The minimum atomic E-state index is -1.07. The number of benzene rings is 1. The summed E-state index contributed by atoms with van der Waals surface area (Å²) < 4.78 is 6.59. The lowest BCUT2D eigenvalue weighted by atomic mass is 9.55. The van der Waals surface area contributed by atoms with Gasteiger partial charge in [0.1, 0.15) is 5.60 Å². The molecule has 4 nitrogen and oxygen atoms in total. The van der Waals surface area contributed by atoms with Crippen molar-refractivity contribution in [2.75, 3.05) is 25.6 Å². The highest BCUT2D eigenvalue weighted by atomic mass is 32.1. The highest BCUT2D eigenvalue weighted by Gasteiger charge is 2.63. The van der Waals surface area contributed by atoms with Crippen molar-refractivity contribution in [1.29, 1.82) is 0 Å². The molecule has 2 aromatic rings. The lowest BCUT2D eigenvalue weighted by molar-refractivity contribution is -0.115. The molecule has 0 radical (unpaired) electrons. The van der Waals surface area contributed by atoms with Gasteiger partial charge in [0.2, 0.25) is 0 Å². The minimum absolute atomic E-state index is 0.0559. The van der Waals surface area contributed by atoms with Crippen molar-refractivity contribution >= 4 is 22.8 Å². The fourth-order valence-corrected chi connectivity index (χ4v) is 7.62. The predicted molar refractivity (Wildman–Crippen MR) is 144 cm³/mol. The molecule has 36 heavy (non-hydrogen) atoms. The van der Waals surface area contributed by atoms with Gasteiger partial charge in [0.05, 0.1) is 12.7 Å². The second kappa shape index (κ2) is 8.73. The summed E-state index contributed by atoms with van der Waals surface area (Å²) in [4.78, 5) is 14.3. The fraction of sp³-hybridized carbons (Fsp3) is 0.452. The third-order valence-corrected chi connectivity index (χ3v) is 9.80. The average Bonchev–Trinajstić information content (AvgIpc) is 3.48. The number of hydrogen-bond donors (Lipinski definition) is 1. The van der Waals surface area contributed by atoms with Crippen LogP contribution in [-0.4, -0.2) is 43.3 Å². The first kappa shape index (κ1) is 23.7. The zero-order valence-electron chi connectivity index (χ0n) is 21.2. The van der Waals surface area contributed by atoms with Crippen molar-refractivity contribution in [3.05, 3.63) is 75.0 Å². The summed E-state index contributed by atoms with van der Waals surface area (Å²) in [5.41, 5.74) is 5.63. The van der Waals surface area contributed by atoms with Crippen molar-refractivity contribution < 1.29 is 14.6 Å². The molecule has 1 aliphatic heterocycles. The molecule has 0 spiro atoms. The Morgan fingerprint density at radius 3 is 2.69 bits per heavy atom. The second-order valence-corrected chi connectivity index (χ2v) is 12.0. The Labute approximate surface area is 217 Å². The highest BCUT2D eigenvalue weighted by Crippen LogP contribution is 2.64. The maximum Gasteiger partial charge on any atom is 0.156 e. The largest absolute Gasteiger partial charge is 0.378 e. The van der Waals surface area contributed by atoms with Crippen LogP contribution in [0.4, 0.5) is 5.69 Å². The number of allylic oxidation sites excluding steroid dienone is 1. The topological polar surface area (TPSA) is 49.8 Å². The Balaban J connectivity index is 1.47. The fourth-order valence-electron chi connectivity index (χ4n) is 7.04. The van der Waals surface area contributed by atoms with Gasteiger partial charge in [0.15, 0.2) is 5.78 Å². The van der Waals surface area contributed by atoms with E-state index < -0.39 is 11.0 Å². The quantitative estimate of drug-likeness (QED) is 0.556. The summed E-state index contributed by atoms with van der Waals surface area (Å²) in [5.74, 6) is 7.11. The normalized spacial score (nSPS) is 33.2. The minimum Gasteiger partial charge on any atom is -0.378 e.